The van der Waals surface area contributed by atoms with Crippen molar-refractivity contribution >= 4 is 23.0 Å². The third kappa shape index (κ3) is 3.64. The zero-order valence-corrected chi connectivity index (χ0v) is 12.5. The second-order valence-electron chi connectivity index (χ2n) is 5.47. The fraction of sp³-hybridized carbons (Fsp3) is 0.462. The first-order chi connectivity index (χ1) is 8.84. The quantitative estimate of drug-likeness (QED) is 0.902. The van der Waals surface area contributed by atoms with E-state index in [1.807, 2.05) is 13.1 Å². The van der Waals surface area contributed by atoms with Crippen LogP contribution in [0.4, 0.5) is 11.6 Å². The van der Waals surface area contributed by atoms with Crippen LogP contribution < -0.4 is 11.1 Å². The van der Waals surface area contributed by atoms with Crippen LogP contribution in [0.5, 0.6) is 0 Å². The minimum Gasteiger partial charge on any atom is -0.384 e. The van der Waals surface area contributed by atoms with Gasteiger partial charge in [0.25, 0.3) is 0 Å². The summed E-state index contributed by atoms with van der Waals surface area (Å²) in [5.41, 5.74) is 5.70. The van der Waals surface area contributed by atoms with Crippen LogP contribution in [0.15, 0.2) is 12.3 Å². The van der Waals surface area contributed by atoms with Crippen molar-refractivity contribution in [3.63, 3.8) is 0 Å². The Morgan fingerprint density at radius 1 is 1.32 bits per heavy atom. The van der Waals surface area contributed by atoms with E-state index < -0.39 is 0 Å². The Bertz CT molecular complexity index is 571. The zero-order valence-electron chi connectivity index (χ0n) is 11.7. The number of nitrogen functional groups attached to an aromatic ring is 1. The Morgan fingerprint density at radius 3 is 2.63 bits per heavy atom. The Balaban J connectivity index is 2.14. The molecular formula is C13H19N5S. The highest BCUT2D eigenvalue weighted by atomic mass is 32.1. The minimum atomic E-state index is -0.121. The van der Waals surface area contributed by atoms with Gasteiger partial charge in [0.2, 0.25) is 0 Å². The molecule has 0 aliphatic rings. The summed E-state index contributed by atoms with van der Waals surface area (Å²) in [6, 6.07) is 1.75. The molecule has 2 rings (SSSR count). The Hall–Kier alpha value is -1.69. The topological polar surface area (TPSA) is 76.7 Å². The maximum atomic E-state index is 5.83. The van der Waals surface area contributed by atoms with Gasteiger partial charge in [0, 0.05) is 22.6 Å². The second kappa shape index (κ2) is 5.13. The highest BCUT2D eigenvalue weighted by Gasteiger charge is 2.18. The fourth-order valence-electron chi connectivity index (χ4n) is 1.54. The molecule has 0 radical (unpaired) electrons. The van der Waals surface area contributed by atoms with Gasteiger partial charge in [0.05, 0.1) is 6.54 Å². The van der Waals surface area contributed by atoms with Crippen LogP contribution >= 0.6 is 11.3 Å². The van der Waals surface area contributed by atoms with E-state index in [-0.39, 0.29) is 5.41 Å². The van der Waals surface area contributed by atoms with Crippen molar-refractivity contribution in [3.8, 4) is 0 Å². The number of hydrogen-bond acceptors (Lipinski definition) is 6. The van der Waals surface area contributed by atoms with Gasteiger partial charge in [-0.05, 0) is 6.92 Å². The molecule has 0 spiro atoms. The highest BCUT2D eigenvalue weighted by molar-refractivity contribution is 7.11. The van der Waals surface area contributed by atoms with Crippen LogP contribution in [0, 0.1) is 6.92 Å². The van der Waals surface area contributed by atoms with E-state index in [1.54, 1.807) is 17.4 Å². The average Bonchev–Trinajstić information content (AvgIpc) is 2.71. The molecule has 0 bridgehead atoms. The van der Waals surface area contributed by atoms with Crippen LogP contribution in [0.1, 0.15) is 36.5 Å². The summed E-state index contributed by atoms with van der Waals surface area (Å²) in [5, 5.41) is 4.28. The van der Waals surface area contributed by atoms with Crippen LogP contribution in [-0.4, -0.2) is 15.0 Å². The number of aromatic nitrogens is 3. The summed E-state index contributed by atoms with van der Waals surface area (Å²) in [4.78, 5) is 14.3. The predicted octanol–water partition coefficient (Wildman–Crippen LogP) is 2.73. The molecule has 19 heavy (non-hydrogen) atoms. The maximum absolute atomic E-state index is 5.83. The predicted molar refractivity (Wildman–Crippen MR) is 79.3 cm³/mol. The normalized spacial score (nSPS) is 11.6. The molecule has 2 aromatic rings. The summed E-state index contributed by atoms with van der Waals surface area (Å²) in [5.74, 6) is 1.97. The van der Waals surface area contributed by atoms with E-state index in [0.29, 0.717) is 12.4 Å². The van der Waals surface area contributed by atoms with Gasteiger partial charge in [0.1, 0.15) is 22.5 Å². The largest absolute Gasteiger partial charge is 0.384 e. The van der Waals surface area contributed by atoms with Crippen molar-refractivity contribution in [1.82, 2.24) is 15.0 Å². The molecule has 6 heteroatoms. The summed E-state index contributed by atoms with van der Waals surface area (Å²) in [6.07, 6.45) is 1.87. The van der Waals surface area contributed by atoms with Crippen LogP contribution in [0.2, 0.25) is 0 Å². The zero-order chi connectivity index (χ0) is 14.0. The Morgan fingerprint density at radius 2 is 2.05 bits per heavy atom. The van der Waals surface area contributed by atoms with E-state index in [2.05, 4.69) is 41.0 Å². The van der Waals surface area contributed by atoms with E-state index in [0.717, 1.165) is 16.6 Å². The molecule has 102 valence electrons. The van der Waals surface area contributed by atoms with Crippen molar-refractivity contribution in [2.75, 3.05) is 11.1 Å². The molecule has 0 aromatic carbocycles. The smallest absolute Gasteiger partial charge is 0.138 e. The minimum absolute atomic E-state index is 0.121. The van der Waals surface area contributed by atoms with Gasteiger partial charge in [-0.1, -0.05) is 20.8 Å². The fourth-order valence-corrected chi connectivity index (χ4v) is 2.27. The molecule has 0 aliphatic carbocycles. The number of rotatable bonds is 3. The number of nitrogens with two attached hydrogens (primary N) is 1. The van der Waals surface area contributed by atoms with E-state index >= 15 is 0 Å². The first-order valence-corrected chi connectivity index (χ1v) is 6.96. The molecule has 0 atom stereocenters. The van der Waals surface area contributed by atoms with Gasteiger partial charge in [-0.2, -0.15) is 0 Å². The van der Waals surface area contributed by atoms with E-state index in [4.69, 9.17) is 5.73 Å². The van der Waals surface area contributed by atoms with Crippen molar-refractivity contribution in [3.05, 3.63) is 28.0 Å². The van der Waals surface area contributed by atoms with Crippen molar-refractivity contribution < 1.29 is 0 Å². The van der Waals surface area contributed by atoms with Gasteiger partial charge < -0.3 is 11.1 Å². The molecule has 0 amide bonds. The molecule has 3 N–H and O–H groups in total. The number of hydrogen-bond donors (Lipinski definition) is 2. The van der Waals surface area contributed by atoms with Gasteiger partial charge >= 0.3 is 0 Å². The van der Waals surface area contributed by atoms with E-state index in [1.165, 1.54) is 4.88 Å². The third-order valence-corrected chi connectivity index (χ3v) is 3.42. The number of aryl methyl sites for hydroxylation is 1. The Labute approximate surface area is 117 Å². The first-order valence-electron chi connectivity index (χ1n) is 6.15. The first kappa shape index (κ1) is 13.7. The lowest BCUT2D eigenvalue weighted by molar-refractivity contribution is 0.547. The lowest BCUT2D eigenvalue weighted by atomic mass is 9.96. The number of thiazole rings is 1. The molecule has 0 unspecified atom stereocenters. The van der Waals surface area contributed by atoms with Gasteiger partial charge in [0.15, 0.2) is 0 Å². The summed E-state index contributed by atoms with van der Waals surface area (Å²) in [6.45, 7) is 8.89. The standard InChI is InChI=1S/C13H19N5S/c1-8-6-16-11(19-8)7-15-10-5-9(14)17-12(18-10)13(2,3)4/h5-6H,7H2,1-4H3,(H3,14,15,17,18). The lowest BCUT2D eigenvalue weighted by Crippen LogP contribution is -2.18. The maximum Gasteiger partial charge on any atom is 0.138 e. The molecule has 0 fully saturated rings. The van der Waals surface area contributed by atoms with Gasteiger partial charge in [-0.25, -0.2) is 15.0 Å². The van der Waals surface area contributed by atoms with E-state index in [9.17, 15) is 0 Å². The summed E-state index contributed by atoms with van der Waals surface area (Å²) < 4.78 is 0. The second-order valence-corrected chi connectivity index (χ2v) is 6.79. The van der Waals surface area contributed by atoms with Crippen molar-refractivity contribution in [2.24, 2.45) is 0 Å². The van der Waals surface area contributed by atoms with Gasteiger partial charge in [-0.15, -0.1) is 11.3 Å². The van der Waals surface area contributed by atoms with Crippen LogP contribution in [0.25, 0.3) is 0 Å². The molecule has 0 saturated carbocycles. The molecule has 5 nitrogen and oxygen atoms in total. The van der Waals surface area contributed by atoms with Gasteiger partial charge in [-0.3, -0.25) is 0 Å². The molecular weight excluding hydrogens is 258 g/mol. The SMILES string of the molecule is Cc1cnc(CNc2cc(N)nc(C(C)(C)C)n2)s1. The summed E-state index contributed by atoms with van der Waals surface area (Å²) in [7, 11) is 0. The number of nitrogens with one attached hydrogen (secondary N) is 1. The average molecular weight is 277 g/mol. The molecule has 2 heterocycles. The van der Waals surface area contributed by atoms with Crippen molar-refractivity contribution in [2.45, 2.75) is 39.7 Å². The summed E-state index contributed by atoms with van der Waals surface area (Å²) >= 11 is 1.67. The highest BCUT2D eigenvalue weighted by Crippen LogP contribution is 2.21. The van der Waals surface area contributed by atoms with Crippen LogP contribution in [-0.2, 0) is 12.0 Å². The van der Waals surface area contributed by atoms with Crippen LogP contribution in [0.3, 0.4) is 0 Å². The number of anilines is 2. The molecule has 0 aliphatic heterocycles. The monoisotopic (exact) mass is 277 g/mol. The van der Waals surface area contributed by atoms with Crippen molar-refractivity contribution in [1.29, 1.82) is 0 Å². The molecule has 2 aromatic heterocycles. The Kier molecular flexibility index (Phi) is 3.71. The molecule has 0 saturated heterocycles. The lowest BCUT2D eigenvalue weighted by Gasteiger charge is -2.17. The third-order valence-electron chi connectivity index (χ3n) is 2.51. The number of nitrogens with zero attached hydrogens (tertiary/aromatic N) is 3.